The Morgan fingerprint density at radius 2 is 2.21 bits per heavy atom. The van der Waals surface area contributed by atoms with Crippen LogP contribution in [0.3, 0.4) is 0 Å². The van der Waals surface area contributed by atoms with Crippen molar-refractivity contribution >= 4 is 17.2 Å². The monoisotopic (exact) mass is 187 g/mol. The summed E-state index contributed by atoms with van der Waals surface area (Å²) in [5, 5.41) is 1.19. The van der Waals surface area contributed by atoms with Crippen molar-refractivity contribution in [2.75, 3.05) is 0 Å². The van der Waals surface area contributed by atoms with Crippen LogP contribution in [0.5, 0.6) is 0 Å². The van der Waals surface area contributed by atoms with E-state index in [-0.39, 0.29) is 0 Å². The molecule has 1 heterocycles. The first kappa shape index (κ1) is 9.00. The van der Waals surface area contributed by atoms with Crippen molar-refractivity contribution in [1.82, 2.24) is 4.57 Å². The third-order valence-corrected chi connectivity index (χ3v) is 2.62. The minimum absolute atomic E-state index is 0.768. The Hall–Kier alpha value is -1.57. The first-order valence-corrected chi connectivity index (χ1v) is 4.80. The summed E-state index contributed by atoms with van der Waals surface area (Å²) in [6.45, 7) is 2.13. The molecule has 0 spiro atoms. The minimum Gasteiger partial charge on any atom is -0.350 e. The Balaban J connectivity index is 2.87. The van der Waals surface area contributed by atoms with Gasteiger partial charge in [-0.05, 0) is 18.1 Å². The molecule has 0 unspecified atom stereocenters. The van der Waals surface area contributed by atoms with Gasteiger partial charge in [-0.25, -0.2) is 0 Å². The molecule has 0 aliphatic rings. The van der Waals surface area contributed by atoms with Crippen LogP contribution in [0.25, 0.3) is 10.9 Å². The molecular weight excluding hydrogens is 174 g/mol. The Morgan fingerprint density at radius 1 is 1.43 bits per heavy atom. The van der Waals surface area contributed by atoms with Crippen LogP contribution < -0.4 is 0 Å². The first-order valence-electron chi connectivity index (χ1n) is 4.80. The summed E-state index contributed by atoms with van der Waals surface area (Å²) >= 11 is 0. The summed E-state index contributed by atoms with van der Waals surface area (Å²) in [4.78, 5) is 10.9. The van der Waals surface area contributed by atoms with Crippen LogP contribution in [0.1, 0.15) is 22.8 Å². The number of carbonyl (C=O) groups is 1. The minimum atomic E-state index is 0.768. The maximum Gasteiger partial charge on any atom is 0.152 e. The SMILES string of the molecule is CCc1cn(C)c2c(C=O)cccc12. The smallest absolute Gasteiger partial charge is 0.152 e. The predicted molar refractivity (Wildman–Crippen MR) is 57.7 cm³/mol. The van der Waals surface area contributed by atoms with Gasteiger partial charge < -0.3 is 4.57 Å². The lowest BCUT2D eigenvalue weighted by molar-refractivity contribution is 0.112. The van der Waals surface area contributed by atoms with Crippen LogP contribution in [0.4, 0.5) is 0 Å². The van der Waals surface area contributed by atoms with Crippen molar-refractivity contribution in [1.29, 1.82) is 0 Å². The molecule has 0 fully saturated rings. The number of fused-ring (bicyclic) bond motifs is 1. The molecule has 1 aromatic heterocycles. The molecule has 0 aliphatic carbocycles. The van der Waals surface area contributed by atoms with Crippen molar-refractivity contribution in [3.8, 4) is 0 Å². The van der Waals surface area contributed by atoms with E-state index in [2.05, 4.69) is 19.2 Å². The number of aldehydes is 1. The van der Waals surface area contributed by atoms with Gasteiger partial charge in [0.25, 0.3) is 0 Å². The van der Waals surface area contributed by atoms with Crippen molar-refractivity contribution in [3.05, 3.63) is 35.5 Å². The zero-order chi connectivity index (χ0) is 10.1. The molecule has 2 heteroatoms. The summed E-state index contributed by atoms with van der Waals surface area (Å²) in [5.74, 6) is 0. The summed E-state index contributed by atoms with van der Waals surface area (Å²) in [7, 11) is 1.98. The van der Waals surface area contributed by atoms with Gasteiger partial charge in [-0.3, -0.25) is 4.79 Å². The highest BCUT2D eigenvalue weighted by atomic mass is 16.1. The zero-order valence-corrected chi connectivity index (χ0v) is 8.45. The number of nitrogens with zero attached hydrogens (tertiary/aromatic N) is 1. The van der Waals surface area contributed by atoms with Crippen LogP contribution in [-0.4, -0.2) is 10.9 Å². The fourth-order valence-electron chi connectivity index (χ4n) is 1.96. The van der Waals surface area contributed by atoms with E-state index in [0.29, 0.717) is 0 Å². The molecule has 14 heavy (non-hydrogen) atoms. The lowest BCUT2D eigenvalue weighted by Gasteiger charge is -1.98. The van der Waals surface area contributed by atoms with Gasteiger partial charge >= 0.3 is 0 Å². The molecule has 72 valence electrons. The molecular formula is C12H13NO. The van der Waals surface area contributed by atoms with Crippen molar-refractivity contribution in [2.24, 2.45) is 7.05 Å². The largest absolute Gasteiger partial charge is 0.350 e. The highest BCUT2D eigenvalue weighted by Gasteiger charge is 2.07. The number of rotatable bonds is 2. The molecule has 0 aliphatic heterocycles. The summed E-state index contributed by atoms with van der Waals surface area (Å²) in [6, 6.07) is 5.86. The third-order valence-electron chi connectivity index (χ3n) is 2.62. The highest BCUT2D eigenvalue weighted by Crippen LogP contribution is 2.23. The van der Waals surface area contributed by atoms with Gasteiger partial charge in [0, 0.05) is 24.2 Å². The van der Waals surface area contributed by atoms with Gasteiger partial charge in [0.05, 0.1) is 5.52 Å². The Bertz CT molecular complexity index is 482. The predicted octanol–water partition coefficient (Wildman–Crippen LogP) is 2.55. The maximum absolute atomic E-state index is 10.9. The lowest BCUT2D eigenvalue weighted by atomic mass is 10.1. The summed E-state index contributed by atoms with van der Waals surface area (Å²) < 4.78 is 2.03. The summed E-state index contributed by atoms with van der Waals surface area (Å²) in [5.41, 5.74) is 3.11. The van der Waals surface area contributed by atoms with Crippen molar-refractivity contribution in [2.45, 2.75) is 13.3 Å². The van der Waals surface area contributed by atoms with E-state index in [1.54, 1.807) is 0 Å². The second kappa shape index (κ2) is 3.29. The fourth-order valence-corrected chi connectivity index (χ4v) is 1.96. The quantitative estimate of drug-likeness (QED) is 0.662. The number of hydrogen-bond donors (Lipinski definition) is 0. The van der Waals surface area contributed by atoms with Gasteiger partial charge in [-0.1, -0.05) is 19.1 Å². The van der Waals surface area contributed by atoms with Crippen LogP contribution in [-0.2, 0) is 13.5 Å². The molecule has 2 aromatic rings. The van der Waals surface area contributed by atoms with E-state index in [4.69, 9.17) is 0 Å². The Labute approximate surface area is 83.2 Å². The molecule has 2 nitrogen and oxygen atoms in total. The van der Waals surface area contributed by atoms with Crippen LogP contribution in [0.15, 0.2) is 24.4 Å². The topological polar surface area (TPSA) is 22.0 Å². The van der Waals surface area contributed by atoms with Gasteiger partial charge in [0.15, 0.2) is 6.29 Å². The van der Waals surface area contributed by atoms with Crippen LogP contribution in [0, 0.1) is 0 Å². The molecule has 0 atom stereocenters. The van der Waals surface area contributed by atoms with Gasteiger partial charge in [0.2, 0.25) is 0 Å². The second-order valence-electron chi connectivity index (χ2n) is 3.48. The summed E-state index contributed by atoms with van der Waals surface area (Å²) in [6.07, 6.45) is 4.01. The normalized spacial score (nSPS) is 10.7. The molecule has 0 saturated heterocycles. The average Bonchev–Trinajstić information content (AvgIpc) is 2.55. The first-order chi connectivity index (χ1) is 6.77. The number of aromatic nitrogens is 1. The number of hydrogen-bond acceptors (Lipinski definition) is 1. The van der Waals surface area contributed by atoms with E-state index < -0.39 is 0 Å². The van der Waals surface area contributed by atoms with Gasteiger partial charge in [-0.15, -0.1) is 0 Å². The van der Waals surface area contributed by atoms with Gasteiger partial charge in [0.1, 0.15) is 0 Å². The average molecular weight is 187 g/mol. The molecule has 1 aromatic carbocycles. The number of carbonyl (C=O) groups excluding carboxylic acids is 1. The van der Waals surface area contributed by atoms with Gasteiger partial charge in [-0.2, -0.15) is 0 Å². The Morgan fingerprint density at radius 3 is 2.86 bits per heavy atom. The molecule has 2 rings (SSSR count). The standard InChI is InChI=1S/C12H13NO/c1-3-9-7-13(2)12-10(8-14)5-4-6-11(9)12/h4-8H,3H2,1-2H3. The molecule has 0 saturated carbocycles. The molecule has 0 N–H and O–H groups in total. The number of para-hydroxylation sites is 1. The Kier molecular flexibility index (Phi) is 2.12. The lowest BCUT2D eigenvalue weighted by Crippen LogP contribution is -1.89. The zero-order valence-electron chi connectivity index (χ0n) is 8.45. The van der Waals surface area contributed by atoms with E-state index in [0.717, 1.165) is 23.8 Å². The van der Waals surface area contributed by atoms with E-state index >= 15 is 0 Å². The molecule has 0 radical (unpaired) electrons. The van der Waals surface area contributed by atoms with E-state index in [1.807, 2.05) is 23.7 Å². The molecule has 0 bridgehead atoms. The van der Waals surface area contributed by atoms with Crippen molar-refractivity contribution < 1.29 is 4.79 Å². The third kappa shape index (κ3) is 1.15. The van der Waals surface area contributed by atoms with Crippen LogP contribution in [0.2, 0.25) is 0 Å². The van der Waals surface area contributed by atoms with Crippen LogP contribution >= 0.6 is 0 Å². The highest BCUT2D eigenvalue weighted by molar-refractivity contribution is 5.97. The van der Waals surface area contributed by atoms with E-state index in [1.165, 1.54) is 10.9 Å². The number of benzene rings is 1. The second-order valence-corrected chi connectivity index (χ2v) is 3.48. The molecule has 0 amide bonds. The number of aryl methyl sites for hydroxylation is 2. The van der Waals surface area contributed by atoms with Crippen molar-refractivity contribution in [3.63, 3.8) is 0 Å². The van der Waals surface area contributed by atoms with E-state index in [9.17, 15) is 4.79 Å². The fraction of sp³-hybridized carbons (Fsp3) is 0.250. The maximum atomic E-state index is 10.9.